The Morgan fingerprint density at radius 2 is 0.800 bits per heavy atom. The summed E-state index contributed by atoms with van der Waals surface area (Å²) in [4.78, 5) is 0. The van der Waals surface area contributed by atoms with Gasteiger partial charge in [0.15, 0.2) is 0 Å². The van der Waals surface area contributed by atoms with Crippen molar-refractivity contribution in [3.05, 3.63) is 170 Å². The summed E-state index contributed by atoms with van der Waals surface area (Å²) < 4.78 is 5.39. The first kappa shape index (κ1) is 28.1. The summed E-state index contributed by atoms with van der Waals surface area (Å²) in [5.41, 5.74) is 7.68. The molecule has 0 amide bonds. The second-order valence-electron chi connectivity index (χ2n) is 13.2. The maximum Gasteiger partial charge on any atom is 0.0441 e. The Morgan fingerprint density at radius 3 is 1.46 bits per heavy atom. The topological polar surface area (TPSA) is 0 Å². The molecule has 0 aliphatic carbocycles. The third-order valence-corrected chi connectivity index (χ3v) is 12.7. The van der Waals surface area contributed by atoms with Crippen LogP contribution in [0.5, 0.6) is 0 Å². The number of thiophene rings is 2. The molecule has 0 fully saturated rings. The summed E-state index contributed by atoms with van der Waals surface area (Å²) in [7, 11) is 0. The highest BCUT2D eigenvalue weighted by atomic mass is 32.1. The third kappa shape index (κ3) is 4.10. The fraction of sp³-hybridized carbons (Fsp3) is 0. The van der Waals surface area contributed by atoms with E-state index in [1.54, 1.807) is 0 Å². The van der Waals surface area contributed by atoms with Gasteiger partial charge in [-0.25, -0.2) is 0 Å². The van der Waals surface area contributed by atoms with Crippen molar-refractivity contribution in [2.75, 3.05) is 0 Å². The molecule has 11 rings (SSSR count). The Labute approximate surface area is 297 Å². The number of rotatable bonds is 3. The Bertz CT molecular complexity index is 3080. The molecule has 0 aliphatic heterocycles. The molecule has 0 atom stereocenters. The zero-order valence-corrected chi connectivity index (χ0v) is 28.6. The van der Waals surface area contributed by atoms with E-state index in [0.717, 1.165) is 0 Å². The molecule has 0 aliphatic rings. The molecule has 0 radical (unpaired) electrons. The second-order valence-corrected chi connectivity index (χ2v) is 15.3. The van der Waals surface area contributed by atoms with Crippen molar-refractivity contribution in [2.24, 2.45) is 0 Å². The fourth-order valence-corrected chi connectivity index (χ4v) is 10.6. The molecule has 9 aromatic carbocycles. The van der Waals surface area contributed by atoms with E-state index in [0.29, 0.717) is 0 Å². The van der Waals surface area contributed by atoms with Gasteiger partial charge in [0.1, 0.15) is 0 Å². The van der Waals surface area contributed by atoms with Gasteiger partial charge in [0.2, 0.25) is 0 Å². The van der Waals surface area contributed by atoms with Crippen molar-refractivity contribution < 1.29 is 0 Å². The summed E-state index contributed by atoms with van der Waals surface area (Å²) >= 11 is 3.85. The highest BCUT2D eigenvalue weighted by molar-refractivity contribution is 7.28. The molecule has 2 aromatic heterocycles. The molecule has 0 bridgehead atoms. The Balaban J connectivity index is 1.22. The minimum Gasteiger partial charge on any atom is -0.135 e. The Hall–Kier alpha value is -5.80. The van der Waals surface area contributed by atoms with Crippen LogP contribution in [0.3, 0.4) is 0 Å². The maximum absolute atomic E-state index is 2.49. The zero-order chi connectivity index (χ0) is 32.8. The Morgan fingerprint density at radius 1 is 0.300 bits per heavy atom. The molecule has 11 aromatic rings. The lowest BCUT2D eigenvalue weighted by molar-refractivity contribution is 1.64. The second kappa shape index (κ2) is 10.9. The summed E-state index contributed by atoms with van der Waals surface area (Å²) in [6, 6.07) is 63.0. The normalized spacial score (nSPS) is 12.0. The average Bonchev–Trinajstić information content (AvgIpc) is 3.75. The predicted molar refractivity (Wildman–Crippen MR) is 221 cm³/mol. The molecule has 0 nitrogen and oxygen atoms in total. The zero-order valence-electron chi connectivity index (χ0n) is 27.0. The highest BCUT2D eigenvalue weighted by Crippen LogP contribution is 2.52. The summed E-state index contributed by atoms with van der Waals surface area (Å²) in [6.45, 7) is 0. The fourth-order valence-electron chi connectivity index (χ4n) is 8.23. The first-order valence-electron chi connectivity index (χ1n) is 17.1. The summed E-state index contributed by atoms with van der Waals surface area (Å²) in [5, 5.41) is 13.1. The van der Waals surface area contributed by atoms with Gasteiger partial charge >= 0.3 is 0 Å². The minimum absolute atomic E-state index is 1.24. The SMILES string of the molecule is c1ccc(-c2ccc3cc(-c4c5ccccc5c(-c5cc6sc7ccccc7c6c6c5sc5ccccc56)c5ccccc45)ccc3c2)cc1. The molecule has 0 saturated carbocycles. The molecule has 232 valence electrons. The lowest BCUT2D eigenvalue weighted by Gasteiger charge is -2.19. The monoisotopic (exact) mass is 668 g/mol. The van der Waals surface area contributed by atoms with Crippen LogP contribution in [0.15, 0.2) is 170 Å². The highest BCUT2D eigenvalue weighted by Gasteiger charge is 2.22. The lowest BCUT2D eigenvalue weighted by atomic mass is 9.85. The van der Waals surface area contributed by atoms with E-state index < -0.39 is 0 Å². The van der Waals surface area contributed by atoms with Crippen LogP contribution in [0.1, 0.15) is 0 Å². The van der Waals surface area contributed by atoms with E-state index in [4.69, 9.17) is 0 Å². The Kier molecular flexibility index (Phi) is 6.09. The van der Waals surface area contributed by atoms with Crippen LogP contribution in [0.4, 0.5) is 0 Å². The largest absolute Gasteiger partial charge is 0.135 e. The van der Waals surface area contributed by atoms with Gasteiger partial charge in [-0.3, -0.25) is 0 Å². The van der Waals surface area contributed by atoms with Gasteiger partial charge < -0.3 is 0 Å². The summed E-state index contributed by atoms with van der Waals surface area (Å²) in [5.74, 6) is 0. The molecule has 0 saturated heterocycles. The molecule has 0 spiro atoms. The van der Waals surface area contributed by atoms with Crippen LogP contribution in [0.25, 0.3) is 106 Å². The van der Waals surface area contributed by atoms with Crippen molar-refractivity contribution in [3.8, 4) is 33.4 Å². The van der Waals surface area contributed by atoms with Crippen LogP contribution in [-0.4, -0.2) is 0 Å². The quantitative estimate of drug-likeness (QED) is 0.164. The standard InChI is InChI=1S/C48H28S2/c1-2-12-29(13-3-1)30-22-23-32-27-33(25-24-31(32)26-30)44-34-14-4-6-16-36(34)45(37-17-7-5-15-35(37)44)40-28-43-46(38-18-8-10-20-41(38)49-43)47-39-19-9-11-21-42(39)50-48(40)47/h1-28H. The minimum atomic E-state index is 1.24. The van der Waals surface area contributed by atoms with Crippen LogP contribution in [0, 0.1) is 0 Å². The van der Waals surface area contributed by atoms with Gasteiger partial charge in [0, 0.05) is 45.9 Å². The molecular weight excluding hydrogens is 641 g/mol. The van der Waals surface area contributed by atoms with E-state index in [-0.39, 0.29) is 0 Å². The van der Waals surface area contributed by atoms with Crippen molar-refractivity contribution in [1.29, 1.82) is 0 Å². The van der Waals surface area contributed by atoms with Crippen molar-refractivity contribution in [3.63, 3.8) is 0 Å². The average molecular weight is 669 g/mol. The van der Waals surface area contributed by atoms with Gasteiger partial charge in [-0.15, -0.1) is 22.7 Å². The molecule has 0 N–H and O–H groups in total. The van der Waals surface area contributed by atoms with Crippen LogP contribution in [0.2, 0.25) is 0 Å². The number of hydrogen-bond acceptors (Lipinski definition) is 2. The number of hydrogen-bond donors (Lipinski definition) is 0. The van der Waals surface area contributed by atoms with Gasteiger partial charge in [-0.05, 0) is 90.5 Å². The molecule has 2 heteroatoms. The maximum atomic E-state index is 2.49. The number of benzene rings is 9. The lowest BCUT2D eigenvalue weighted by Crippen LogP contribution is -1.91. The molecule has 2 heterocycles. The van der Waals surface area contributed by atoms with E-state index in [1.165, 1.54) is 106 Å². The van der Waals surface area contributed by atoms with Crippen LogP contribution in [-0.2, 0) is 0 Å². The predicted octanol–water partition coefficient (Wildman–Crippen LogP) is 14.9. The van der Waals surface area contributed by atoms with Crippen molar-refractivity contribution >= 4 is 95.3 Å². The van der Waals surface area contributed by atoms with Crippen LogP contribution >= 0.6 is 22.7 Å². The smallest absolute Gasteiger partial charge is 0.0441 e. The molecular formula is C48H28S2. The first-order chi connectivity index (χ1) is 24.8. The number of fused-ring (bicyclic) bond motifs is 10. The van der Waals surface area contributed by atoms with Crippen molar-refractivity contribution in [2.45, 2.75) is 0 Å². The van der Waals surface area contributed by atoms with Crippen LogP contribution < -0.4 is 0 Å². The van der Waals surface area contributed by atoms with E-state index in [2.05, 4.69) is 170 Å². The van der Waals surface area contributed by atoms with Crippen molar-refractivity contribution in [1.82, 2.24) is 0 Å². The van der Waals surface area contributed by atoms with E-state index in [9.17, 15) is 0 Å². The van der Waals surface area contributed by atoms with E-state index in [1.807, 2.05) is 22.7 Å². The van der Waals surface area contributed by atoms with Gasteiger partial charge in [0.05, 0.1) is 0 Å². The third-order valence-electron chi connectivity index (χ3n) is 10.4. The van der Waals surface area contributed by atoms with Gasteiger partial charge in [-0.2, -0.15) is 0 Å². The van der Waals surface area contributed by atoms with Gasteiger partial charge in [0.25, 0.3) is 0 Å². The molecule has 0 unspecified atom stereocenters. The first-order valence-corrected chi connectivity index (χ1v) is 18.7. The van der Waals surface area contributed by atoms with E-state index >= 15 is 0 Å². The summed E-state index contributed by atoms with van der Waals surface area (Å²) in [6.07, 6.45) is 0. The molecule has 50 heavy (non-hydrogen) atoms. The van der Waals surface area contributed by atoms with Gasteiger partial charge in [-0.1, -0.05) is 140 Å².